The molecule has 122 valence electrons. The van der Waals surface area contributed by atoms with E-state index in [4.69, 9.17) is 11.6 Å². The van der Waals surface area contributed by atoms with Gasteiger partial charge in [0.15, 0.2) is 0 Å². The summed E-state index contributed by atoms with van der Waals surface area (Å²) < 4.78 is 16.3. The molecule has 7 heteroatoms. The Bertz CT molecular complexity index is 538. The standard InChI is InChI=1S/C15H19BrClFN2OS/c1-15(10-19-14(21)9-17)4-6-20(7-5-15)22-11-2-3-12(16)13(18)8-11/h2-3,8H,4-7,9-10H2,1H3,(H,19,21). The molecule has 1 fully saturated rings. The van der Waals surface area contributed by atoms with Gasteiger partial charge in [0.2, 0.25) is 5.91 Å². The first-order valence-electron chi connectivity index (χ1n) is 7.12. The summed E-state index contributed by atoms with van der Waals surface area (Å²) in [6.07, 6.45) is 1.98. The third-order valence-corrected chi connectivity index (χ3v) is 5.86. The van der Waals surface area contributed by atoms with Crippen molar-refractivity contribution in [3.8, 4) is 0 Å². The molecular formula is C15H19BrClFN2OS. The van der Waals surface area contributed by atoms with Crippen LogP contribution in [0, 0.1) is 11.2 Å². The van der Waals surface area contributed by atoms with E-state index in [1.165, 1.54) is 0 Å². The molecule has 2 rings (SSSR count). The highest BCUT2D eigenvalue weighted by atomic mass is 79.9. The van der Waals surface area contributed by atoms with E-state index in [0.717, 1.165) is 30.8 Å². The van der Waals surface area contributed by atoms with E-state index < -0.39 is 0 Å². The fourth-order valence-electron chi connectivity index (χ4n) is 2.34. The number of nitrogens with zero attached hydrogens (tertiary/aromatic N) is 1. The van der Waals surface area contributed by atoms with E-state index in [1.54, 1.807) is 24.1 Å². The monoisotopic (exact) mass is 408 g/mol. The van der Waals surface area contributed by atoms with Gasteiger partial charge in [0.05, 0.1) is 4.47 Å². The third-order valence-electron chi connectivity index (χ3n) is 3.89. The third kappa shape index (κ3) is 5.11. The number of nitrogens with one attached hydrogen (secondary N) is 1. The molecule has 0 aliphatic carbocycles. The second kappa shape index (κ2) is 7.99. The Morgan fingerprint density at radius 2 is 2.18 bits per heavy atom. The van der Waals surface area contributed by atoms with Gasteiger partial charge in [0.1, 0.15) is 11.7 Å². The van der Waals surface area contributed by atoms with E-state index >= 15 is 0 Å². The molecule has 1 aromatic rings. The second-order valence-corrected chi connectivity index (χ2v) is 8.11. The van der Waals surface area contributed by atoms with Crippen molar-refractivity contribution in [1.82, 2.24) is 9.62 Å². The van der Waals surface area contributed by atoms with Crippen molar-refractivity contribution in [1.29, 1.82) is 0 Å². The number of carbonyl (C=O) groups excluding carboxylic acids is 1. The Hall–Kier alpha value is -0.300. The lowest BCUT2D eigenvalue weighted by atomic mass is 9.81. The minimum atomic E-state index is -0.240. The summed E-state index contributed by atoms with van der Waals surface area (Å²) >= 11 is 10.2. The van der Waals surface area contributed by atoms with Crippen LogP contribution in [-0.2, 0) is 4.79 Å². The van der Waals surface area contributed by atoms with Crippen LogP contribution in [0.1, 0.15) is 19.8 Å². The highest BCUT2D eigenvalue weighted by molar-refractivity contribution is 9.10. The van der Waals surface area contributed by atoms with E-state index in [2.05, 4.69) is 32.5 Å². The molecule has 3 nitrogen and oxygen atoms in total. The molecule has 1 amide bonds. The number of hydrogen-bond donors (Lipinski definition) is 1. The van der Waals surface area contributed by atoms with E-state index in [1.807, 2.05) is 6.07 Å². The molecule has 0 radical (unpaired) electrons. The van der Waals surface area contributed by atoms with Gasteiger partial charge in [-0.3, -0.25) is 4.79 Å². The van der Waals surface area contributed by atoms with Crippen LogP contribution in [-0.4, -0.2) is 35.7 Å². The zero-order valence-corrected chi connectivity index (χ0v) is 15.5. The Balaban J connectivity index is 1.83. The highest BCUT2D eigenvalue weighted by Gasteiger charge is 2.30. The van der Waals surface area contributed by atoms with E-state index in [-0.39, 0.29) is 23.0 Å². The number of halogens is 3. The van der Waals surface area contributed by atoms with Gasteiger partial charge in [-0.05, 0) is 64.3 Å². The molecule has 1 heterocycles. The quantitative estimate of drug-likeness (QED) is 0.588. The van der Waals surface area contributed by atoms with Gasteiger partial charge >= 0.3 is 0 Å². The Labute approximate surface area is 148 Å². The maximum atomic E-state index is 13.5. The lowest BCUT2D eigenvalue weighted by molar-refractivity contribution is -0.119. The molecule has 1 aromatic carbocycles. The molecule has 1 aliphatic heterocycles. The minimum absolute atomic E-state index is 0.00713. The van der Waals surface area contributed by atoms with Gasteiger partial charge in [-0.1, -0.05) is 6.92 Å². The number of carbonyl (C=O) groups is 1. The van der Waals surface area contributed by atoms with Gasteiger partial charge in [-0.2, -0.15) is 0 Å². The van der Waals surface area contributed by atoms with Crippen LogP contribution < -0.4 is 5.32 Å². The van der Waals surface area contributed by atoms with Gasteiger partial charge in [0, 0.05) is 24.5 Å². The summed E-state index contributed by atoms with van der Waals surface area (Å²) in [5.74, 6) is -0.353. The zero-order valence-electron chi connectivity index (χ0n) is 12.4. The second-order valence-electron chi connectivity index (χ2n) is 5.82. The van der Waals surface area contributed by atoms with Crippen molar-refractivity contribution in [2.75, 3.05) is 25.5 Å². The number of rotatable bonds is 5. The van der Waals surface area contributed by atoms with Gasteiger partial charge in [0.25, 0.3) is 0 Å². The van der Waals surface area contributed by atoms with Crippen LogP contribution >= 0.6 is 39.5 Å². The van der Waals surface area contributed by atoms with Crippen molar-refractivity contribution in [3.63, 3.8) is 0 Å². The van der Waals surface area contributed by atoms with Crippen LogP contribution in [0.5, 0.6) is 0 Å². The molecule has 0 unspecified atom stereocenters. The number of alkyl halides is 1. The first-order valence-corrected chi connectivity index (χ1v) is 9.23. The fraction of sp³-hybridized carbons (Fsp3) is 0.533. The number of hydrogen-bond acceptors (Lipinski definition) is 3. The van der Waals surface area contributed by atoms with Crippen LogP contribution in [0.3, 0.4) is 0 Å². The maximum absolute atomic E-state index is 13.5. The Morgan fingerprint density at radius 3 is 2.77 bits per heavy atom. The number of benzene rings is 1. The summed E-state index contributed by atoms with van der Waals surface area (Å²) in [6, 6.07) is 5.18. The topological polar surface area (TPSA) is 32.3 Å². The normalized spacial score (nSPS) is 18.2. The van der Waals surface area contributed by atoms with Crippen molar-refractivity contribution >= 4 is 45.4 Å². The number of amides is 1. The largest absolute Gasteiger partial charge is 0.355 e. The first kappa shape index (κ1) is 18.0. The Morgan fingerprint density at radius 1 is 1.50 bits per heavy atom. The molecular weight excluding hydrogens is 391 g/mol. The van der Waals surface area contributed by atoms with Crippen molar-refractivity contribution in [2.45, 2.75) is 24.7 Å². The average Bonchev–Trinajstić information content (AvgIpc) is 2.51. The van der Waals surface area contributed by atoms with E-state index in [0.29, 0.717) is 11.0 Å². The average molecular weight is 410 g/mol. The minimum Gasteiger partial charge on any atom is -0.355 e. The summed E-state index contributed by atoms with van der Waals surface area (Å²) in [5, 5.41) is 2.87. The highest BCUT2D eigenvalue weighted by Crippen LogP contribution is 2.35. The van der Waals surface area contributed by atoms with Crippen LogP contribution in [0.2, 0.25) is 0 Å². The molecule has 0 spiro atoms. The number of piperidine rings is 1. The van der Waals surface area contributed by atoms with Gasteiger partial charge < -0.3 is 5.32 Å². The first-order chi connectivity index (χ1) is 10.4. The van der Waals surface area contributed by atoms with E-state index in [9.17, 15) is 9.18 Å². The Kier molecular flexibility index (Phi) is 6.56. The van der Waals surface area contributed by atoms with Crippen LogP contribution in [0.4, 0.5) is 4.39 Å². The molecule has 22 heavy (non-hydrogen) atoms. The maximum Gasteiger partial charge on any atom is 0.234 e. The smallest absolute Gasteiger partial charge is 0.234 e. The lowest BCUT2D eigenvalue weighted by Crippen LogP contribution is -2.43. The molecule has 1 saturated heterocycles. The van der Waals surface area contributed by atoms with Crippen LogP contribution in [0.15, 0.2) is 27.6 Å². The SMILES string of the molecule is CC1(CNC(=O)CCl)CCN(Sc2ccc(Br)c(F)c2)CC1. The van der Waals surface area contributed by atoms with Crippen molar-refractivity contribution < 1.29 is 9.18 Å². The summed E-state index contributed by atoms with van der Waals surface area (Å²) in [6.45, 7) is 4.66. The molecule has 0 saturated carbocycles. The predicted octanol–water partition coefficient (Wildman–Crippen LogP) is 4.05. The zero-order chi connectivity index (χ0) is 16.2. The molecule has 0 atom stereocenters. The predicted molar refractivity (Wildman–Crippen MR) is 92.6 cm³/mol. The van der Waals surface area contributed by atoms with Crippen molar-refractivity contribution in [2.24, 2.45) is 5.41 Å². The summed E-state index contributed by atoms with van der Waals surface area (Å²) in [5.41, 5.74) is 0.101. The van der Waals surface area contributed by atoms with Crippen molar-refractivity contribution in [3.05, 3.63) is 28.5 Å². The lowest BCUT2D eigenvalue weighted by Gasteiger charge is -2.38. The summed E-state index contributed by atoms with van der Waals surface area (Å²) in [7, 11) is 0. The molecule has 1 aliphatic rings. The molecule has 0 bridgehead atoms. The summed E-state index contributed by atoms with van der Waals surface area (Å²) in [4.78, 5) is 12.2. The molecule has 0 aromatic heterocycles. The molecule has 1 N–H and O–H groups in total. The van der Waals surface area contributed by atoms with Gasteiger partial charge in [-0.15, -0.1) is 11.6 Å². The van der Waals surface area contributed by atoms with Crippen LogP contribution in [0.25, 0.3) is 0 Å². The fourth-order valence-corrected chi connectivity index (χ4v) is 3.63. The van der Waals surface area contributed by atoms with Gasteiger partial charge in [-0.25, -0.2) is 8.70 Å².